The van der Waals surface area contributed by atoms with Crippen molar-refractivity contribution >= 4 is 23.0 Å². The summed E-state index contributed by atoms with van der Waals surface area (Å²) in [5, 5.41) is 13.9. The van der Waals surface area contributed by atoms with Gasteiger partial charge in [0.25, 0.3) is 11.6 Å². The number of primary amides is 1. The van der Waals surface area contributed by atoms with E-state index in [0.717, 1.165) is 5.56 Å². The van der Waals surface area contributed by atoms with Gasteiger partial charge in [-0.15, -0.1) is 0 Å². The molecule has 0 aliphatic heterocycles. The van der Waals surface area contributed by atoms with Crippen molar-refractivity contribution in [1.29, 1.82) is 0 Å². The van der Waals surface area contributed by atoms with Gasteiger partial charge in [-0.3, -0.25) is 14.9 Å². The van der Waals surface area contributed by atoms with Gasteiger partial charge < -0.3 is 11.1 Å². The maximum atomic E-state index is 11.4. The Balaban J connectivity index is 2.47. The third-order valence-corrected chi connectivity index (χ3v) is 2.81. The van der Waals surface area contributed by atoms with Crippen LogP contribution in [0, 0.1) is 17.0 Å². The largest absolute Gasteiger partial charge is 0.366 e. The molecule has 2 aromatic carbocycles. The summed E-state index contributed by atoms with van der Waals surface area (Å²) in [5.41, 5.74) is 7.20. The number of nitro benzene ring substituents is 1. The number of anilines is 2. The third-order valence-electron chi connectivity index (χ3n) is 2.81. The van der Waals surface area contributed by atoms with Crippen LogP contribution >= 0.6 is 0 Å². The zero-order chi connectivity index (χ0) is 14.7. The predicted octanol–water partition coefficient (Wildman–Crippen LogP) is 2.75. The molecule has 1 amide bonds. The molecule has 0 unspecified atom stereocenters. The molecular formula is C14H13N3O3. The van der Waals surface area contributed by atoms with Gasteiger partial charge >= 0.3 is 0 Å². The standard InChI is InChI=1S/C14H13N3O3/c1-9-6-7-10(14(15)18)12(8-9)16-11-4-2-3-5-13(11)17(19)20/h2-8,16H,1H3,(H2,15,18). The molecule has 0 fully saturated rings. The number of nitrogens with one attached hydrogen (secondary N) is 1. The van der Waals surface area contributed by atoms with Gasteiger partial charge in [-0.1, -0.05) is 18.2 Å². The average molecular weight is 271 g/mol. The highest BCUT2D eigenvalue weighted by molar-refractivity contribution is 5.99. The topological polar surface area (TPSA) is 98.3 Å². The molecule has 0 spiro atoms. The van der Waals surface area contributed by atoms with Gasteiger partial charge in [0.05, 0.1) is 16.2 Å². The molecule has 2 rings (SSSR count). The summed E-state index contributed by atoms with van der Waals surface area (Å²) in [7, 11) is 0. The van der Waals surface area contributed by atoms with Crippen molar-refractivity contribution in [3.63, 3.8) is 0 Å². The Kier molecular flexibility index (Phi) is 3.65. The lowest BCUT2D eigenvalue weighted by atomic mass is 10.1. The van der Waals surface area contributed by atoms with E-state index in [1.54, 1.807) is 36.4 Å². The minimum Gasteiger partial charge on any atom is -0.366 e. The molecule has 0 aromatic heterocycles. The Morgan fingerprint density at radius 3 is 2.55 bits per heavy atom. The predicted molar refractivity (Wildman–Crippen MR) is 76.1 cm³/mol. The molecule has 6 nitrogen and oxygen atoms in total. The molecule has 0 atom stereocenters. The number of aryl methyl sites for hydroxylation is 1. The van der Waals surface area contributed by atoms with E-state index in [0.29, 0.717) is 11.4 Å². The number of hydrogen-bond donors (Lipinski definition) is 2. The number of nitrogens with two attached hydrogens (primary N) is 1. The average Bonchev–Trinajstić information content (AvgIpc) is 2.38. The maximum Gasteiger partial charge on any atom is 0.292 e. The van der Waals surface area contributed by atoms with Crippen LogP contribution in [0.15, 0.2) is 42.5 Å². The first-order chi connectivity index (χ1) is 9.49. The lowest BCUT2D eigenvalue weighted by Crippen LogP contribution is -2.13. The number of hydrogen-bond acceptors (Lipinski definition) is 4. The number of carbonyl (C=O) groups is 1. The zero-order valence-corrected chi connectivity index (χ0v) is 10.8. The second-order valence-electron chi connectivity index (χ2n) is 4.31. The van der Waals surface area contributed by atoms with E-state index in [1.165, 1.54) is 6.07 Å². The van der Waals surface area contributed by atoms with Crippen LogP contribution in [-0.4, -0.2) is 10.8 Å². The molecule has 0 heterocycles. The van der Waals surface area contributed by atoms with Gasteiger partial charge in [-0.05, 0) is 30.7 Å². The van der Waals surface area contributed by atoms with Crippen LogP contribution in [-0.2, 0) is 0 Å². The smallest absolute Gasteiger partial charge is 0.292 e. The maximum absolute atomic E-state index is 11.4. The molecule has 102 valence electrons. The second-order valence-corrected chi connectivity index (χ2v) is 4.31. The number of para-hydroxylation sites is 2. The Labute approximate surface area is 115 Å². The van der Waals surface area contributed by atoms with Crippen LogP contribution in [0.25, 0.3) is 0 Å². The number of nitrogens with zero attached hydrogens (tertiary/aromatic N) is 1. The Bertz CT molecular complexity index is 683. The number of amides is 1. The summed E-state index contributed by atoms with van der Waals surface area (Å²) in [4.78, 5) is 21.9. The summed E-state index contributed by atoms with van der Waals surface area (Å²) in [6, 6.07) is 11.3. The fourth-order valence-corrected chi connectivity index (χ4v) is 1.86. The minimum absolute atomic E-state index is 0.0653. The van der Waals surface area contributed by atoms with Crippen LogP contribution < -0.4 is 11.1 Å². The van der Waals surface area contributed by atoms with Gasteiger partial charge in [-0.2, -0.15) is 0 Å². The van der Waals surface area contributed by atoms with E-state index in [1.807, 2.05) is 6.92 Å². The highest BCUT2D eigenvalue weighted by Gasteiger charge is 2.15. The number of carbonyl (C=O) groups excluding carboxylic acids is 1. The Morgan fingerprint density at radius 1 is 1.20 bits per heavy atom. The molecule has 0 saturated heterocycles. The van der Waals surface area contributed by atoms with Gasteiger partial charge in [0.2, 0.25) is 0 Å². The summed E-state index contributed by atoms with van der Waals surface area (Å²) >= 11 is 0. The molecular weight excluding hydrogens is 258 g/mol. The summed E-state index contributed by atoms with van der Waals surface area (Å²) in [6.07, 6.45) is 0. The van der Waals surface area contributed by atoms with Crippen molar-refractivity contribution in [3.05, 3.63) is 63.7 Å². The van der Waals surface area contributed by atoms with Gasteiger partial charge in [0, 0.05) is 6.07 Å². The molecule has 0 aliphatic rings. The highest BCUT2D eigenvalue weighted by atomic mass is 16.6. The van der Waals surface area contributed by atoms with Crippen LogP contribution in [0.5, 0.6) is 0 Å². The van der Waals surface area contributed by atoms with E-state index in [4.69, 9.17) is 5.73 Å². The van der Waals surface area contributed by atoms with E-state index in [-0.39, 0.29) is 11.3 Å². The van der Waals surface area contributed by atoms with Crippen LogP contribution in [0.3, 0.4) is 0 Å². The van der Waals surface area contributed by atoms with Crippen LogP contribution in [0.2, 0.25) is 0 Å². The second kappa shape index (κ2) is 5.40. The molecule has 20 heavy (non-hydrogen) atoms. The highest BCUT2D eigenvalue weighted by Crippen LogP contribution is 2.29. The monoisotopic (exact) mass is 271 g/mol. The van der Waals surface area contributed by atoms with Crippen molar-refractivity contribution in [2.45, 2.75) is 6.92 Å². The lowest BCUT2D eigenvalue weighted by Gasteiger charge is -2.11. The SMILES string of the molecule is Cc1ccc(C(N)=O)c(Nc2ccccc2[N+](=O)[O-])c1. The first-order valence-electron chi connectivity index (χ1n) is 5.90. The van der Waals surface area contributed by atoms with Crippen LogP contribution in [0.4, 0.5) is 17.1 Å². The fraction of sp³-hybridized carbons (Fsp3) is 0.0714. The van der Waals surface area contributed by atoms with Gasteiger partial charge in [-0.25, -0.2) is 0 Å². The van der Waals surface area contributed by atoms with Crippen molar-refractivity contribution in [3.8, 4) is 0 Å². The quantitative estimate of drug-likeness (QED) is 0.659. The summed E-state index contributed by atoms with van der Waals surface area (Å²) in [5.74, 6) is -0.592. The van der Waals surface area contributed by atoms with Gasteiger partial charge in [0.1, 0.15) is 5.69 Å². The van der Waals surface area contributed by atoms with Crippen molar-refractivity contribution in [1.82, 2.24) is 0 Å². The molecule has 2 aromatic rings. The van der Waals surface area contributed by atoms with E-state index < -0.39 is 10.8 Å². The van der Waals surface area contributed by atoms with Crippen molar-refractivity contribution in [2.24, 2.45) is 5.73 Å². The number of benzene rings is 2. The fourth-order valence-electron chi connectivity index (χ4n) is 1.86. The Morgan fingerprint density at radius 2 is 1.90 bits per heavy atom. The summed E-state index contributed by atoms with van der Waals surface area (Å²) in [6.45, 7) is 1.86. The number of nitro groups is 1. The van der Waals surface area contributed by atoms with E-state index in [2.05, 4.69) is 5.32 Å². The molecule has 0 saturated carbocycles. The van der Waals surface area contributed by atoms with Crippen LogP contribution in [0.1, 0.15) is 15.9 Å². The molecule has 0 radical (unpaired) electrons. The summed E-state index contributed by atoms with van der Waals surface area (Å²) < 4.78 is 0. The first-order valence-corrected chi connectivity index (χ1v) is 5.90. The first kappa shape index (κ1) is 13.5. The van der Waals surface area contributed by atoms with E-state index >= 15 is 0 Å². The van der Waals surface area contributed by atoms with E-state index in [9.17, 15) is 14.9 Å². The zero-order valence-electron chi connectivity index (χ0n) is 10.8. The molecule has 3 N–H and O–H groups in total. The lowest BCUT2D eigenvalue weighted by molar-refractivity contribution is -0.383. The normalized spacial score (nSPS) is 10.1. The van der Waals surface area contributed by atoms with Gasteiger partial charge in [0.15, 0.2) is 0 Å². The Hall–Kier alpha value is -2.89. The third kappa shape index (κ3) is 2.74. The molecule has 0 aliphatic carbocycles. The number of rotatable bonds is 4. The van der Waals surface area contributed by atoms with Crippen molar-refractivity contribution < 1.29 is 9.72 Å². The molecule has 6 heteroatoms. The van der Waals surface area contributed by atoms with Crippen molar-refractivity contribution in [2.75, 3.05) is 5.32 Å². The molecule has 0 bridgehead atoms. The minimum atomic E-state index is -0.592.